The summed E-state index contributed by atoms with van der Waals surface area (Å²) in [6.45, 7) is 6.53. The van der Waals surface area contributed by atoms with Gasteiger partial charge in [-0.3, -0.25) is 10.2 Å². The molecule has 0 radical (unpaired) electrons. The van der Waals surface area contributed by atoms with Crippen molar-refractivity contribution in [1.82, 2.24) is 15.6 Å². The quantitative estimate of drug-likeness (QED) is 0.156. The number of rotatable bonds is 14. The van der Waals surface area contributed by atoms with Gasteiger partial charge in [0.25, 0.3) is 5.91 Å². The summed E-state index contributed by atoms with van der Waals surface area (Å²) in [5, 5.41) is 9.55. The minimum Gasteiger partial charge on any atom is -0.449 e. The van der Waals surface area contributed by atoms with Crippen molar-refractivity contribution < 1.29 is 23.8 Å². The van der Waals surface area contributed by atoms with E-state index in [1.165, 1.54) is 6.20 Å². The van der Waals surface area contributed by atoms with Crippen LogP contribution in [0.3, 0.4) is 0 Å². The molecule has 2 atom stereocenters. The van der Waals surface area contributed by atoms with Crippen molar-refractivity contribution in [3.8, 4) is 11.8 Å². The number of fused-ring (bicyclic) bond motifs is 1. The Balaban J connectivity index is 1.12. The predicted octanol–water partition coefficient (Wildman–Crippen LogP) is 2.82. The molecule has 196 valence electrons. The summed E-state index contributed by atoms with van der Waals surface area (Å²) in [6, 6.07) is 3.38. The highest BCUT2D eigenvalue weighted by Gasteiger charge is 2.49. The van der Waals surface area contributed by atoms with Gasteiger partial charge in [-0.25, -0.2) is 9.78 Å². The molecule has 2 aliphatic rings. The zero-order valence-electron chi connectivity index (χ0n) is 21.2. The van der Waals surface area contributed by atoms with Gasteiger partial charge in [0.05, 0.1) is 38.6 Å². The first kappa shape index (κ1) is 27.4. The topological polar surface area (TPSA) is 123 Å². The van der Waals surface area contributed by atoms with E-state index in [2.05, 4.69) is 38.0 Å². The Bertz CT molecular complexity index is 918. The lowest BCUT2D eigenvalue weighted by Crippen LogP contribution is -2.29. The van der Waals surface area contributed by atoms with E-state index in [1.807, 2.05) is 13.8 Å². The summed E-state index contributed by atoms with van der Waals surface area (Å²) in [7, 11) is 0. The van der Waals surface area contributed by atoms with Gasteiger partial charge >= 0.3 is 6.09 Å². The number of ether oxygens (including phenoxy) is 3. The number of anilines is 1. The summed E-state index contributed by atoms with van der Waals surface area (Å²) in [5.41, 5.74) is 4.15. The lowest BCUT2D eigenvalue weighted by atomic mass is 10.1. The number of pyridine rings is 1. The fourth-order valence-corrected chi connectivity index (χ4v) is 4.15. The Kier molecular flexibility index (Phi) is 11.5. The number of amides is 2. The van der Waals surface area contributed by atoms with Gasteiger partial charge in [0.1, 0.15) is 5.82 Å². The van der Waals surface area contributed by atoms with Crippen LogP contribution < -0.4 is 16.1 Å². The lowest BCUT2D eigenvalue weighted by molar-refractivity contribution is 0.0486. The van der Waals surface area contributed by atoms with Crippen LogP contribution in [0, 0.1) is 29.6 Å². The first-order valence-corrected chi connectivity index (χ1v) is 12.6. The molecule has 10 nitrogen and oxygen atoms in total. The third-order valence-corrected chi connectivity index (χ3v) is 6.09. The minimum atomic E-state index is -0.397. The predicted molar refractivity (Wildman–Crippen MR) is 137 cm³/mol. The van der Waals surface area contributed by atoms with Crippen molar-refractivity contribution in [3.05, 3.63) is 23.9 Å². The first-order valence-electron chi connectivity index (χ1n) is 12.6. The second kappa shape index (κ2) is 15.1. The number of carbonyl (C=O) groups excluding carboxylic acids is 2. The number of carbonyl (C=O) groups is 2. The molecular weight excluding hydrogens is 462 g/mol. The molecular formula is C26H37N5O5. The van der Waals surface area contributed by atoms with E-state index >= 15 is 0 Å². The van der Waals surface area contributed by atoms with Crippen LogP contribution in [-0.4, -0.2) is 68.8 Å². The van der Waals surface area contributed by atoms with Crippen LogP contribution >= 0.6 is 0 Å². The second-order valence-electron chi connectivity index (χ2n) is 9.03. The van der Waals surface area contributed by atoms with E-state index in [0.717, 1.165) is 31.4 Å². The summed E-state index contributed by atoms with van der Waals surface area (Å²) >= 11 is 0. The molecule has 2 unspecified atom stereocenters. The average molecular weight is 500 g/mol. The summed E-state index contributed by atoms with van der Waals surface area (Å²) in [4.78, 5) is 28.2. The maximum absolute atomic E-state index is 12.1. The monoisotopic (exact) mass is 499 g/mol. The molecule has 1 fully saturated rings. The SMILES string of the molecule is CC(C)=NNc1ccc(C(=O)NCCOCCOCCNC(=O)OCC2C3CCC#CCCC32)cn1. The number of nitrogens with zero attached hydrogens (tertiary/aromatic N) is 2. The van der Waals surface area contributed by atoms with E-state index in [0.29, 0.717) is 75.3 Å². The molecule has 1 aromatic heterocycles. The molecule has 0 aromatic carbocycles. The van der Waals surface area contributed by atoms with Crippen LogP contribution in [0.15, 0.2) is 23.4 Å². The Morgan fingerprint density at radius 2 is 1.67 bits per heavy atom. The van der Waals surface area contributed by atoms with Crippen molar-refractivity contribution >= 4 is 23.5 Å². The van der Waals surface area contributed by atoms with Crippen molar-refractivity contribution in [2.75, 3.05) is 51.5 Å². The lowest BCUT2D eigenvalue weighted by Gasteiger charge is -2.09. The standard InChI is InChI=1S/C26H37N5O5/c1-19(2)30-31-24-10-9-20(17-29-24)25(32)27-11-13-34-15-16-35-14-12-28-26(33)36-18-23-21-7-5-3-4-6-8-22(21)23/h9-10,17,21-23H,5-8,11-16,18H2,1-2H3,(H,27,32)(H,28,33)(H,29,31). The third kappa shape index (κ3) is 9.84. The molecule has 1 saturated carbocycles. The van der Waals surface area contributed by atoms with Crippen LogP contribution in [0.2, 0.25) is 0 Å². The van der Waals surface area contributed by atoms with E-state index in [4.69, 9.17) is 14.2 Å². The molecule has 10 heteroatoms. The van der Waals surface area contributed by atoms with Crippen LogP contribution in [0.4, 0.5) is 10.6 Å². The smallest absolute Gasteiger partial charge is 0.407 e. The summed E-state index contributed by atoms with van der Waals surface area (Å²) < 4.78 is 16.3. The molecule has 0 spiro atoms. The number of alkyl carbamates (subject to hydrolysis) is 1. The zero-order valence-corrected chi connectivity index (χ0v) is 21.2. The highest BCUT2D eigenvalue weighted by molar-refractivity contribution is 5.94. The molecule has 36 heavy (non-hydrogen) atoms. The molecule has 0 saturated heterocycles. The van der Waals surface area contributed by atoms with Gasteiger partial charge in [0.15, 0.2) is 0 Å². The Hall–Kier alpha value is -3.16. The van der Waals surface area contributed by atoms with Gasteiger partial charge in [-0.2, -0.15) is 5.10 Å². The minimum absolute atomic E-state index is 0.220. The number of aromatic nitrogens is 1. The summed E-state index contributed by atoms with van der Waals surface area (Å²) in [5.74, 6) is 8.55. The largest absolute Gasteiger partial charge is 0.449 e. The average Bonchev–Trinajstić information content (AvgIpc) is 3.51. The maximum atomic E-state index is 12.1. The second-order valence-corrected chi connectivity index (χ2v) is 9.03. The highest BCUT2D eigenvalue weighted by atomic mass is 16.6. The molecule has 0 bridgehead atoms. The van der Waals surface area contributed by atoms with E-state index < -0.39 is 6.09 Å². The van der Waals surface area contributed by atoms with Crippen LogP contribution in [0.5, 0.6) is 0 Å². The molecule has 2 amide bonds. The zero-order chi connectivity index (χ0) is 25.6. The Labute approximate surface area is 212 Å². The van der Waals surface area contributed by atoms with Gasteiger partial charge in [-0.05, 0) is 56.6 Å². The molecule has 0 aliphatic heterocycles. The van der Waals surface area contributed by atoms with E-state index in [1.54, 1.807) is 12.1 Å². The van der Waals surface area contributed by atoms with Crippen molar-refractivity contribution in [2.45, 2.75) is 39.5 Å². The fourth-order valence-electron chi connectivity index (χ4n) is 4.15. The van der Waals surface area contributed by atoms with Gasteiger partial charge in [0.2, 0.25) is 0 Å². The normalized spacial score (nSPS) is 19.9. The fraction of sp³-hybridized carbons (Fsp3) is 0.615. The van der Waals surface area contributed by atoms with Gasteiger partial charge in [0, 0.05) is 37.8 Å². The number of hydrogen-bond donors (Lipinski definition) is 3. The third-order valence-electron chi connectivity index (χ3n) is 6.09. The van der Waals surface area contributed by atoms with Gasteiger partial charge < -0.3 is 24.8 Å². The first-order chi connectivity index (χ1) is 17.5. The highest BCUT2D eigenvalue weighted by Crippen LogP contribution is 2.52. The molecule has 1 heterocycles. The van der Waals surface area contributed by atoms with E-state index in [9.17, 15) is 9.59 Å². The van der Waals surface area contributed by atoms with Gasteiger partial charge in [-0.15, -0.1) is 11.8 Å². The molecule has 3 N–H and O–H groups in total. The van der Waals surface area contributed by atoms with Crippen LogP contribution in [0.1, 0.15) is 49.9 Å². The maximum Gasteiger partial charge on any atom is 0.407 e. The molecule has 2 aliphatic carbocycles. The number of hydrogen-bond acceptors (Lipinski definition) is 8. The van der Waals surface area contributed by atoms with Crippen LogP contribution in [-0.2, 0) is 14.2 Å². The van der Waals surface area contributed by atoms with Crippen molar-refractivity contribution in [1.29, 1.82) is 0 Å². The summed E-state index contributed by atoms with van der Waals surface area (Å²) in [6.07, 6.45) is 5.25. The van der Waals surface area contributed by atoms with Crippen molar-refractivity contribution in [3.63, 3.8) is 0 Å². The molecule has 1 aromatic rings. The Morgan fingerprint density at radius 3 is 2.28 bits per heavy atom. The van der Waals surface area contributed by atoms with Crippen molar-refractivity contribution in [2.24, 2.45) is 22.9 Å². The number of hydrazone groups is 1. The molecule has 3 rings (SSSR count). The Morgan fingerprint density at radius 1 is 1.00 bits per heavy atom. The van der Waals surface area contributed by atoms with E-state index in [-0.39, 0.29) is 5.91 Å². The van der Waals surface area contributed by atoms with Crippen LogP contribution in [0.25, 0.3) is 0 Å². The van der Waals surface area contributed by atoms with Gasteiger partial charge in [-0.1, -0.05) is 0 Å². The number of nitrogens with one attached hydrogen (secondary N) is 3.